The van der Waals surface area contributed by atoms with Crippen molar-refractivity contribution in [2.75, 3.05) is 32.7 Å². The van der Waals surface area contributed by atoms with Gasteiger partial charge in [0, 0.05) is 32.6 Å². The zero-order valence-electron chi connectivity index (χ0n) is 11.5. The van der Waals surface area contributed by atoms with E-state index in [1.165, 1.54) is 0 Å². The summed E-state index contributed by atoms with van der Waals surface area (Å²) in [5.74, 6) is -0.159. The fraction of sp³-hybridized carbons (Fsp3) is 0.667. The van der Waals surface area contributed by atoms with Gasteiger partial charge in [0.25, 0.3) is 5.91 Å². The highest BCUT2D eigenvalue weighted by molar-refractivity contribution is 5.90. The van der Waals surface area contributed by atoms with E-state index in [9.17, 15) is 9.59 Å². The fourth-order valence-electron chi connectivity index (χ4n) is 2.21. The molecule has 110 valence electrons. The van der Waals surface area contributed by atoms with Gasteiger partial charge in [0.05, 0.1) is 6.54 Å². The van der Waals surface area contributed by atoms with Crippen molar-refractivity contribution in [3.63, 3.8) is 0 Å². The topological polar surface area (TPSA) is 102 Å². The van der Waals surface area contributed by atoms with Crippen molar-refractivity contribution in [2.24, 2.45) is 0 Å². The third-order valence-electron chi connectivity index (χ3n) is 3.29. The predicted octanol–water partition coefficient (Wildman–Crippen LogP) is -0.400. The number of aromatic nitrogens is 3. The second kappa shape index (κ2) is 6.47. The van der Waals surface area contributed by atoms with Gasteiger partial charge in [-0.2, -0.15) is 0 Å². The average molecular weight is 281 g/mol. The molecule has 0 saturated carbocycles. The number of carboxylic acids is 1. The quantitative estimate of drug-likeness (QED) is 0.778. The largest absolute Gasteiger partial charge is 0.480 e. The smallest absolute Gasteiger partial charge is 0.317 e. The van der Waals surface area contributed by atoms with E-state index >= 15 is 0 Å². The Labute approximate surface area is 116 Å². The van der Waals surface area contributed by atoms with Gasteiger partial charge < -0.3 is 10.0 Å². The molecule has 0 spiro atoms. The number of hydrogen-bond acceptors (Lipinski definition) is 5. The molecular formula is C12H19N5O3. The summed E-state index contributed by atoms with van der Waals surface area (Å²) in [4.78, 5) is 30.6. The Morgan fingerprint density at radius 2 is 2.10 bits per heavy atom. The van der Waals surface area contributed by atoms with Crippen LogP contribution in [0, 0.1) is 0 Å². The number of amides is 1. The van der Waals surface area contributed by atoms with Crippen LogP contribution in [0.5, 0.6) is 0 Å². The van der Waals surface area contributed by atoms with Crippen LogP contribution in [0.2, 0.25) is 0 Å². The number of aliphatic carboxylic acids is 1. The molecule has 8 nitrogen and oxygen atoms in total. The van der Waals surface area contributed by atoms with Crippen LogP contribution in [-0.4, -0.2) is 74.7 Å². The maximum Gasteiger partial charge on any atom is 0.317 e. The van der Waals surface area contributed by atoms with Gasteiger partial charge in [-0.05, 0) is 6.42 Å². The van der Waals surface area contributed by atoms with Crippen LogP contribution >= 0.6 is 0 Å². The van der Waals surface area contributed by atoms with Crippen molar-refractivity contribution >= 4 is 11.9 Å². The minimum absolute atomic E-state index is 0.0165. The second-order valence-corrected chi connectivity index (χ2v) is 4.77. The standard InChI is InChI=1S/C12H19N5O3/c1-2-9-13-11(15-14-9)12(20)17-5-3-4-16(6-7-17)8-10(18)19/h2-8H2,1H3,(H,18,19)(H,13,14,15). The Kier molecular flexibility index (Phi) is 4.67. The first kappa shape index (κ1) is 14.4. The zero-order valence-corrected chi connectivity index (χ0v) is 11.5. The monoisotopic (exact) mass is 281 g/mol. The summed E-state index contributed by atoms with van der Waals surface area (Å²) in [7, 11) is 0. The zero-order chi connectivity index (χ0) is 14.5. The third kappa shape index (κ3) is 3.53. The van der Waals surface area contributed by atoms with Gasteiger partial charge in [-0.15, -0.1) is 5.10 Å². The van der Waals surface area contributed by atoms with E-state index in [1.54, 1.807) is 4.90 Å². The molecule has 2 rings (SSSR count). The lowest BCUT2D eigenvalue weighted by Gasteiger charge is -2.19. The molecule has 20 heavy (non-hydrogen) atoms. The Balaban J connectivity index is 1.95. The second-order valence-electron chi connectivity index (χ2n) is 4.77. The molecule has 0 unspecified atom stereocenters. The molecule has 2 heterocycles. The van der Waals surface area contributed by atoms with Gasteiger partial charge in [0.15, 0.2) is 0 Å². The number of carboxylic acid groups (broad SMARTS) is 1. The molecule has 0 aromatic carbocycles. The minimum Gasteiger partial charge on any atom is -0.480 e. The Hall–Kier alpha value is -1.96. The van der Waals surface area contributed by atoms with Gasteiger partial charge in [0.2, 0.25) is 5.82 Å². The number of nitrogens with zero attached hydrogens (tertiary/aromatic N) is 4. The van der Waals surface area contributed by atoms with Crippen LogP contribution in [0.4, 0.5) is 0 Å². The molecule has 2 N–H and O–H groups in total. The highest BCUT2D eigenvalue weighted by atomic mass is 16.4. The molecule has 1 aliphatic rings. The van der Waals surface area contributed by atoms with Crippen LogP contribution in [0.1, 0.15) is 29.8 Å². The molecule has 1 aromatic heterocycles. The number of hydrogen-bond donors (Lipinski definition) is 2. The molecule has 0 radical (unpaired) electrons. The van der Waals surface area contributed by atoms with E-state index in [4.69, 9.17) is 5.11 Å². The highest BCUT2D eigenvalue weighted by Crippen LogP contribution is 2.07. The first-order valence-electron chi connectivity index (χ1n) is 6.75. The Morgan fingerprint density at radius 1 is 1.30 bits per heavy atom. The van der Waals surface area contributed by atoms with Crippen LogP contribution in [0.25, 0.3) is 0 Å². The summed E-state index contributed by atoms with van der Waals surface area (Å²) < 4.78 is 0. The van der Waals surface area contributed by atoms with Gasteiger partial charge in [0.1, 0.15) is 5.82 Å². The third-order valence-corrected chi connectivity index (χ3v) is 3.29. The van der Waals surface area contributed by atoms with Gasteiger partial charge in [-0.3, -0.25) is 19.6 Å². The number of carbonyl (C=O) groups is 2. The number of H-pyrrole nitrogens is 1. The predicted molar refractivity (Wildman–Crippen MR) is 70.4 cm³/mol. The van der Waals surface area contributed by atoms with Crippen molar-refractivity contribution in [1.82, 2.24) is 25.0 Å². The Bertz CT molecular complexity index is 487. The number of aryl methyl sites for hydroxylation is 1. The van der Waals surface area contributed by atoms with Crippen molar-refractivity contribution in [2.45, 2.75) is 19.8 Å². The number of carbonyl (C=O) groups excluding carboxylic acids is 1. The van der Waals surface area contributed by atoms with E-state index in [-0.39, 0.29) is 18.3 Å². The molecule has 1 saturated heterocycles. The first-order chi connectivity index (χ1) is 9.60. The van der Waals surface area contributed by atoms with E-state index in [2.05, 4.69) is 15.2 Å². The summed E-state index contributed by atoms with van der Waals surface area (Å²) in [6.07, 6.45) is 1.46. The minimum atomic E-state index is -0.841. The Morgan fingerprint density at radius 3 is 2.75 bits per heavy atom. The average Bonchev–Trinajstić information content (AvgIpc) is 2.78. The maximum atomic E-state index is 12.3. The van der Waals surface area contributed by atoms with Crippen LogP contribution < -0.4 is 0 Å². The van der Waals surface area contributed by atoms with Gasteiger partial charge in [-0.25, -0.2) is 4.98 Å². The van der Waals surface area contributed by atoms with Crippen molar-refractivity contribution < 1.29 is 14.7 Å². The molecule has 1 amide bonds. The molecule has 0 atom stereocenters. The molecule has 1 aromatic rings. The SMILES string of the molecule is CCc1nc(C(=O)N2CCCN(CC(=O)O)CC2)n[nH]1. The lowest BCUT2D eigenvalue weighted by Crippen LogP contribution is -2.37. The lowest BCUT2D eigenvalue weighted by atomic mass is 10.3. The normalized spacial score (nSPS) is 16.9. The molecule has 1 aliphatic heterocycles. The maximum absolute atomic E-state index is 12.3. The summed E-state index contributed by atoms with van der Waals surface area (Å²) in [6.45, 7) is 4.30. The summed E-state index contributed by atoms with van der Waals surface area (Å²) >= 11 is 0. The van der Waals surface area contributed by atoms with Crippen molar-refractivity contribution in [3.8, 4) is 0 Å². The van der Waals surface area contributed by atoms with Gasteiger partial charge in [-0.1, -0.05) is 6.92 Å². The van der Waals surface area contributed by atoms with Crippen LogP contribution in [0.3, 0.4) is 0 Å². The number of rotatable bonds is 4. The molecular weight excluding hydrogens is 262 g/mol. The fourth-order valence-corrected chi connectivity index (χ4v) is 2.21. The summed E-state index contributed by atoms with van der Waals surface area (Å²) in [6, 6.07) is 0. The molecule has 0 aliphatic carbocycles. The highest BCUT2D eigenvalue weighted by Gasteiger charge is 2.23. The summed E-state index contributed by atoms with van der Waals surface area (Å²) in [5.41, 5.74) is 0. The van der Waals surface area contributed by atoms with Crippen LogP contribution in [-0.2, 0) is 11.2 Å². The van der Waals surface area contributed by atoms with E-state index in [0.29, 0.717) is 38.4 Å². The lowest BCUT2D eigenvalue weighted by molar-refractivity contribution is -0.138. The van der Waals surface area contributed by atoms with Crippen LogP contribution in [0.15, 0.2) is 0 Å². The van der Waals surface area contributed by atoms with E-state index in [0.717, 1.165) is 6.42 Å². The van der Waals surface area contributed by atoms with Gasteiger partial charge >= 0.3 is 5.97 Å². The number of aromatic amines is 1. The number of nitrogens with one attached hydrogen (secondary N) is 1. The first-order valence-corrected chi connectivity index (χ1v) is 6.75. The van der Waals surface area contributed by atoms with E-state index < -0.39 is 5.97 Å². The van der Waals surface area contributed by atoms with Crippen molar-refractivity contribution in [1.29, 1.82) is 0 Å². The molecule has 8 heteroatoms. The summed E-state index contributed by atoms with van der Waals surface area (Å²) in [5, 5.41) is 15.4. The molecule has 0 bridgehead atoms. The van der Waals surface area contributed by atoms with E-state index in [1.807, 2.05) is 11.8 Å². The van der Waals surface area contributed by atoms with Crippen molar-refractivity contribution in [3.05, 3.63) is 11.6 Å². The molecule has 1 fully saturated rings.